The van der Waals surface area contributed by atoms with Crippen LogP contribution >= 0.6 is 7.60 Å². The largest absolute Gasteiger partial charge is 0.424 e. The molecule has 0 aliphatic carbocycles. The number of likely N-dealkylation sites (N-methyl/N-ethyl adjacent to an activating group) is 1. The Morgan fingerprint density at radius 2 is 1.69 bits per heavy atom. The van der Waals surface area contributed by atoms with Crippen molar-refractivity contribution in [3.05, 3.63) is 5.89 Å². The number of rotatable bonds is 14. The fraction of sp³-hybridized carbons (Fsp3) is 0.812. The van der Waals surface area contributed by atoms with E-state index in [1.54, 1.807) is 13.8 Å². The highest BCUT2D eigenvalue weighted by molar-refractivity contribution is 7.62. The zero-order valence-corrected chi connectivity index (χ0v) is 17.7. The summed E-state index contributed by atoms with van der Waals surface area (Å²) in [7, 11) is -2.35. The zero-order chi connectivity index (χ0) is 22.2. The number of aliphatic hydroxyl groups excluding tert-OH is 5. The van der Waals surface area contributed by atoms with Crippen LogP contribution in [0, 0.1) is 0 Å². The molecule has 0 radical (unpaired) electrons. The molecule has 0 saturated heterocycles. The van der Waals surface area contributed by atoms with Crippen LogP contribution in [0.2, 0.25) is 0 Å². The predicted molar refractivity (Wildman–Crippen MR) is 104 cm³/mol. The number of aliphatic hydroxyl groups is 5. The molecule has 0 unspecified atom stereocenters. The molecule has 0 spiro atoms. The number of aromatic nitrogens is 1. The smallest absolute Gasteiger partial charge is 0.385 e. The first-order valence-corrected chi connectivity index (χ1v) is 10.8. The maximum absolute atomic E-state index is 13.2. The molecule has 0 saturated carbocycles. The predicted octanol–water partition coefficient (Wildman–Crippen LogP) is -2.06. The molecule has 12 nitrogen and oxygen atoms in total. The number of nitrogens with zero attached hydrogens (tertiary/aromatic N) is 2. The average Bonchev–Trinajstić information content (AvgIpc) is 3.11. The van der Waals surface area contributed by atoms with Gasteiger partial charge >= 0.3 is 7.60 Å². The van der Waals surface area contributed by atoms with Crippen LogP contribution in [0.4, 0.5) is 5.88 Å². The van der Waals surface area contributed by atoms with Crippen molar-refractivity contribution in [2.75, 3.05) is 44.9 Å². The minimum Gasteiger partial charge on any atom is -0.424 e. The first-order valence-electron chi connectivity index (χ1n) is 9.28. The van der Waals surface area contributed by atoms with Crippen LogP contribution in [-0.2, 0) is 20.0 Å². The van der Waals surface area contributed by atoms with E-state index in [4.69, 9.17) is 24.3 Å². The minimum atomic E-state index is -3.83. The fourth-order valence-electron chi connectivity index (χ4n) is 2.54. The Kier molecular flexibility index (Phi) is 10.7. The van der Waals surface area contributed by atoms with Crippen LogP contribution in [0.25, 0.3) is 0 Å². The number of oxazole rings is 1. The molecule has 0 aromatic carbocycles. The first-order chi connectivity index (χ1) is 13.6. The summed E-state index contributed by atoms with van der Waals surface area (Å²) in [6.45, 7) is 2.61. The van der Waals surface area contributed by atoms with Crippen molar-refractivity contribution in [1.29, 1.82) is 0 Å². The first kappa shape index (κ1) is 26.0. The lowest BCUT2D eigenvalue weighted by Gasteiger charge is -2.29. The topological polar surface area (TPSA) is 192 Å². The average molecular weight is 441 g/mol. The van der Waals surface area contributed by atoms with Gasteiger partial charge in [-0.25, -0.2) is 4.98 Å². The molecule has 0 bridgehead atoms. The summed E-state index contributed by atoms with van der Waals surface area (Å²) in [4.78, 5) is 5.51. The third-order valence-corrected chi connectivity index (χ3v) is 5.99. The lowest BCUT2D eigenvalue weighted by Crippen LogP contribution is -2.49. The second kappa shape index (κ2) is 11.9. The molecule has 29 heavy (non-hydrogen) atoms. The molecule has 4 atom stereocenters. The van der Waals surface area contributed by atoms with Gasteiger partial charge in [-0.2, -0.15) is 0 Å². The molecule has 1 aromatic rings. The van der Waals surface area contributed by atoms with Gasteiger partial charge in [-0.1, -0.05) is 0 Å². The normalized spacial score (nSPS) is 16.4. The Labute approximate surface area is 169 Å². The third-order valence-electron chi connectivity index (χ3n) is 3.99. The van der Waals surface area contributed by atoms with Gasteiger partial charge in [0.15, 0.2) is 5.89 Å². The van der Waals surface area contributed by atoms with Crippen molar-refractivity contribution < 1.29 is 43.6 Å². The van der Waals surface area contributed by atoms with E-state index < -0.39 is 38.6 Å². The summed E-state index contributed by atoms with van der Waals surface area (Å²) in [6, 6.07) is 0. The zero-order valence-electron chi connectivity index (χ0n) is 16.8. The highest BCUT2D eigenvalue weighted by atomic mass is 31.2. The second-order valence-electron chi connectivity index (χ2n) is 6.29. The minimum absolute atomic E-state index is 0.0119. The molecular weight excluding hydrogens is 409 g/mol. The van der Waals surface area contributed by atoms with Gasteiger partial charge in [0, 0.05) is 26.6 Å². The van der Waals surface area contributed by atoms with Crippen molar-refractivity contribution in [3.8, 4) is 0 Å². The van der Waals surface area contributed by atoms with Gasteiger partial charge in [0.05, 0.1) is 19.8 Å². The van der Waals surface area contributed by atoms with Gasteiger partial charge in [0.1, 0.15) is 24.4 Å². The Balaban J connectivity index is 3.16. The SMILES string of the molecule is CCOP(=O)(OCC)c1nc(CCN)oc1N(C)C[C@@H](O)[C@H](O)[C@@H](O)[C@@H](O)CO. The standard InChI is InChI=1S/C16H32N3O9P/c1-4-26-29(25,27-5-2)15-16(28-12(18-15)6-7-17)19(3)8-10(21)13(23)14(24)11(22)9-20/h10-11,13-14,20-24H,4-9,17H2,1-3H3/t10-,11+,13+,14+/m1/s1. The molecule has 0 aliphatic heterocycles. The highest BCUT2D eigenvalue weighted by Crippen LogP contribution is 2.49. The summed E-state index contributed by atoms with van der Waals surface area (Å²) >= 11 is 0. The van der Waals surface area contributed by atoms with Crippen molar-refractivity contribution in [2.24, 2.45) is 5.73 Å². The highest BCUT2D eigenvalue weighted by Gasteiger charge is 2.38. The molecule has 1 rings (SSSR count). The van der Waals surface area contributed by atoms with Crippen LogP contribution in [0.3, 0.4) is 0 Å². The Morgan fingerprint density at radius 3 is 2.17 bits per heavy atom. The van der Waals surface area contributed by atoms with Gasteiger partial charge in [-0.15, -0.1) is 0 Å². The van der Waals surface area contributed by atoms with Crippen LogP contribution in [0.15, 0.2) is 4.42 Å². The van der Waals surface area contributed by atoms with Crippen molar-refractivity contribution in [2.45, 2.75) is 44.7 Å². The van der Waals surface area contributed by atoms with Gasteiger partial charge in [-0.05, 0) is 13.8 Å². The molecule has 0 amide bonds. The van der Waals surface area contributed by atoms with Crippen molar-refractivity contribution in [1.82, 2.24) is 4.98 Å². The molecule has 0 fully saturated rings. The van der Waals surface area contributed by atoms with Gasteiger partial charge in [0.25, 0.3) is 0 Å². The molecule has 170 valence electrons. The lowest BCUT2D eigenvalue weighted by atomic mass is 10.0. The van der Waals surface area contributed by atoms with E-state index in [0.717, 1.165) is 0 Å². The molecule has 1 aromatic heterocycles. The molecule has 1 heterocycles. The van der Waals surface area contributed by atoms with E-state index in [1.165, 1.54) is 11.9 Å². The van der Waals surface area contributed by atoms with E-state index in [2.05, 4.69) is 4.98 Å². The van der Waals surface area contributed by atoms with Crippen LogP contribution in [0.1, 0.15) is 19.7 Å². The monoisotopic (exact) mass is 441 g/mol. The van der Waals surface area contributed by atoms with Crippen LogP contribution in [0.5, 0.6) is 0 Å². The summed E-state index contributed by atoms with van der Waals surface area (Å²) < 4.78 is 29.4. The summed E-state index contributed by atoms with van der Waals surface area (Å²) in [6.07, 6.45) is -6.46. The lowest BCUT2D eigenvalue weighted by molar-refractivity contribution is -0.112. The van der Waals surface area contributed by atoms with E-state index in [0.29, 0.717) is 0 Å². The number of anilines is 1. The van der Waals surface area contributed by atoms with Crippen LogP contribution in [-0.4, -0.2) is 94.9 Å². The Hall–Kier alpha value is -1.08. The fourth-order valence-corrected chi connectivity index (χ4v) is 4.22. The van der Waals surface area contributed by atoms with Gasteiger partial charge in [0.2, 0.25) is 11.3 Å². The second-order valence-corrected chi connectivity index (χ2v) is 8.22. The van der Waals surface area contributed by atoms with Gasteiger partial charge < -0.3 is 49.6 Å². The number of nitrogens with two attached hydrogens (primary N) is 1. The summed E-state index contributed by atoms with van der Waals surface area (Å²) in [5, 5.41) is 48.3. The quantitative estimate of drug-likeness (QED) is 0.173. The van der Waals surface area contributed by atoms with E-state index in [9.17, 15) is 25.0 Å². The van der Waals surface area contributed by atoms with E-state index >= 15 is 0 Å². The number of hydrogen-bond acceptors (Lipinski definition) is 12. The Morgan fingerprint density at radius 1 is 1.14 bits per heavy atom. The third kappa shape index (κ3) is 6.71. The van der Waals surface area contributed by atoms with Crippen molar-refractivity contribution in [3.63, 3.8) is 0 Å². The Bertz CT molecular complexity index is 650. The summed E-state index contributed by atoms with van der Waals surface area (Å²) in [5.74, 6) is 0.178. The van der Waals surface area contributed by atoms with Crippen LogP contribution < -0.4 is 16.1 Å². The molecule has 13 heteroatoms. The van der Waals surface area contributed by atoms with Crippen molar-refractivity contribution >= 4 is 18.9 Å². The molecule has 0 aliphatic rings. The summed E-state index contributed by atoms with van der Waals surface area (Å²) in [5.41, 5.74) is 5.43. The maximum Gasteiger partial charge on any atom is 0.385 e. The van der Waals surface area contributed by atoms with E-state index in [1.807, 2.05) is 0 Å². The maximum atomic E-state index is 13.2. The van der Waals surface area contributed by atoms with Gasteiger partial charge in [-0.3, -0.25) is 4.57 Å². The van der Waals surface area contributed by atoms with E-state index in [-0.39, 0.29) is 49.9 Å². The molecule has 7 N–H and O–H groups in total. The molecular formula is C16H32N3O9P. The number of hydrogen-bond donors (Lipinski definition) is 6.